The van der Waals surface area contributed by atoms with Crippen molar-refractivity contribution in [3.8, 4) is 11.3 Å². The predicted octanol–water partition coefficient (Wildman–Crippen LogP) is 3.87. The molecular formula is C21H20FN3O2S. The number of ether oxygens (including phenoxy) is 1. The van der Waals surface area contributed by atoms with Gasteiger partial charge >= 0.3 is 0 Å². The number of carbonyl (C=O) groups is 1. The summed E-state index contributed by atoms with van der Waals surface area (Å²) in [5, 5.41) is 0. The van der Waals surface area contributed by atoms with Crippen LogP contribution in [0.25, 0.3) is 11.3 Å². The lowest BCUT2D eigenvalue weighted by molar-refractivity contribution is -0.0804. The Balaban J connectivity index is 1.39. The van der Waals surface area contributed by atoms with E-state index in [2.05, 4.69) is 9.55 Å². The maximum Gasteiger partial charge on any atom is 0.264 e. The third kappa shape index (κ3) is 2.95. The Bertz CT molecular complexity index is 1040. The molecule has 1 amide bonds. The standard InChI is InChI=1S/C21H20FN3O2S/c1-14-2-7-18(28-14)20(26)24-9-8-21(12-24)13-25-17(10-23-19(25)11-27-21)15-3-5-16(22)6-4-15/h2-7,10H,8-9,11-13H2,1H3. The van der Waals surface area contributed by atoms with Crippen molar-refractivity contribution in [2.75, 3.05) is 13.1 Å². The highest BCUT2D eigenvalue weighted by molar-refractivity contribution is 7.13. The molecule has 0 aliphatic carbocycles. The van der Waals surface area contributed by atoms with Crippen molar-refractivity contribution in [2.45, 2.75) is 32.1 Å². The van der Waals surface area contributed by atoms with Gasteiger partial charge in [-0.25, -0.2) is 9.37 Å². The van der Waals surface area contributed by atoms with E-state index in [-0.39, 0.29) is 11.7 Å². The Labute approximate surface area is 166 Å². The molecule has 1 fully saturated rings. The minimum absolute atomic E-state index is 0.0776. The highest BCUT2D eigenvalue weighted by atomic mass is 32.1. The number of aryl methyl sites for hydroxylation is 1. The second-order valence-corrected chi connectivity index (χ2v) is 8.80. The van der Waals surface area contributed by atoms with E-state index in [0.29, 0.717) is 26.2 Å². The van der Waals surface area contributed by atoms with Crippen LogP contribution in [0.15, 0.2) is 42.6 Å². The maximum atomic E-state index is 13.3. The number of rotatable bonds is 2. The second kappa shape index (κ2) is 6.53. The van der Waals surface area contributed by atoms with Crippen LogP contribution in [0, 0.1) is 12.7 Å². The molecule has 0 bridgehead atoms. The van der Waals surface area contributed by atoms with Crippen molar-refractivity contribution in [1.29, 1.82) is 0 Å². The monoisotopic (exact) mass is 397 g/mol. The fraction of sp³-hybridized carbons (Fsp3) is 0.333. The molecule has 0 saturated carbocycles. The summed E-state index contributed by atoms with van der Waals surface area (Å²) in [6.07, 6.45) is 2.61. The van der Waals surface area contributed by atoms with E-state index < -0.39 is 5.60 Å². The third-order valence-electron chi connectivity index (χ3n) is 5.59. The molecule has 1 atom stereocenters. The van der Waals surface area contributed by atoms with Crippen LogP contribution >= 0.6 is 11.3 Å². The van der Waals surface area contributed by atoms with Crippen LogP contribution in [-0.4, -0.2) is 39.0 Å². The van der Waals surface area contributed by atoms with Gasteiger partial charge in [0, 0.05) is 11.4 Å². The van der Waals surface area contributed by atoms with Crippen LogP contribution < -0.4 is 0 Å². The molecule has 1 spiro atoms. The number of hydrogen-bond acceptors (Lipinski definition) is 4. The van der Waals surface area contributed by atoms with Crippen LogP contribution in [0.1, 0.15) is 26.8 Å². The first kappa shape index (κ1) is 17.6. The minimum atomic E-state index is -0.398. The molecule has 1 aromatic carbocycles. The van der Waals surface area contributed by atoms with Crippen molar-refractivity contribution in [2.24, 2.45) is 0 Å². The van der Waals surface area contributed by atoms with Crippen molar-refractivity contribution in [3.63, 3.8) is 0 Å². The number of carbonyl (C=O) groups excluding carboxylic acids is 1. The van der Waals surface area contributed by atoms with E-state index in [1.807, 2.05) is 30.2 Å². The highest BCUT2D eigenvalue weighted by Crippen LogP contribution is 2.36. The van der Waals surface area contributed by atoms with Crippen molar-refractivity contribution in [1.82, 2.24) is 14.5 Å². The van der Waals surface area contributed by atoms with Gasteiger partial charge in [0.2, 0.25) is 0 Å². The molecule has 0 radical (unpaired) electrons. The lowest BCUT2D eigenvalue weighted by Gasteiger charge is -2.35. The van der Waals surface area contributed by atoms with Crippen molar-refractivity contribution >= 4 is 17.2 Å². The molecule has 2 aliphatic heterocycles. The van der Waals surface area contributed by atoms with E-state index >= 15 is 0 Å². The smallest absolute Gasteiger partial charge is 0.264 e. The Hall–Kier alpha value is -2.51. The lowest BCUT2D eigenvalue weighted by Crippen LogP contribution is -2.45. The van der Waals surface area contributed by atoms with E-state index in [1.165, 1.54) is 23.5 Å². The average molecular weight is 397 g/mol. The fourth-order valence-corrected chi connectivity index (χ4v) is 4.91. The molecule has 144 valence electrons. The summed E-state index contributed by atoms with van der Waals surface area (Å²) >= 11 is 1.53. The molecule has 1 unspecified atom stereocenters. The number of hydrogen-bond donors (Lipinski definition) is 0. The summed E-state index contributed by atoms with van der Waals surface area (Å²) in [5.41, 5.74) is 1.48. The fourth-order valence-electron chi connectivity index (χ4n) is 4.08. The number of halogens is 1. The summed E-state index contributed by atoms with van der Waals surface area (Å²) in [4.78, 5) is 21.1. The maximum absolute atomic E-state index is 13.3. The van der Waals surface area contributed by atoms with Gasteiger partial charge < -0.3 is 14.2 Å². The Morgan fingerprint density at radius 1 is 1.21 bits per heavy atom. The number of benzene rings is 1. The van der Waals surface area contributed by atoms with Gasteiger partial charge in [-0.1, -0.05) is 0 Å². The van der Waals surface area contributed by atoms with Crippen LogP contribution in [0.3, 0.4) is 0 Å². The first-order chi connectivity index (χ1) is 13.5. The number of imidazole rings is 1. The molecular weight excluding hydrogens is 377 g/mol. The van der Waals surface area contributed by atoms with E-state index in [0.717, 1.165) is 33.3 Å². The third-order valence-corrected chi connectivity index (χ3v) is 6.58. The van der Waals surface area contributed by atoms with E-state index in [1.54, 1.807) is 12.1 Å². The van der Waals surface area contributed by atoms with Gasteiger partial charge in [0.25, 0.3) is 5.91 Å². The molecule has 2 aliphatic rings. The predicted molar refractivity (Wildman–Crippen MR) is 105 cm³/mol. The van der Waals surface area contributed by atoms with Crippen LogP contribution in [0.5, 0.6) is 0 Å². The van der Waals surface area contributed by atoms with Gasteiger partial charge in [-0.3, -0.25) is 4.79 Å². The first-order valence-corrected chi connectivity index (χ1v) is 10.1. The number of nitrogens with zero attached hydrogens (tertiary/aromatic N) is 3. The summed E-state index contributed by atoms with van der Waals surface area (Å²) in [7, 11) is 0. The van der Waals surface area contributed by atoms with Gasteiger partial charge in [-0.2, -0.15) is 0 Å². The van der Waals surface area contributed by atoms with E-state index in [4.69, 9.17) is 4.74 Å². The van der Waals surface area contributed by atoms with Gasteiger partial charge in [-0.05, 0) is 55.3 Å². The van der Waals surface area contributed by atoms with Crippen LogP contribution in [-0.2, 0) is 17.9 Å². The molecule has 2 aromatic heterocycles. The second-order valence-electron chi connectivity index (χ2n) is 7.51. The number of thiophene rings is 1. The van der Waals surface area contributed by atoms with Gasteiger partial charge in [-0.15, -0.1) is 11.3 Å². The molecule has 4 heterocycles. The SMILES string of the molecule is Cc1ccc(C(=O)N2CCC3(C2)Cn2c(-c4ccc(F)cc4)cnc2CO3)s1. The first-order valence-electron chi connectivity index (χ1n) is 9.33. The average Bonchev–Trinajstić information content (AvgIpc) is 3.41. The van der Waals surface area contributed by atoms with Gasteiger partial charge in [0.15, 0.2) is 0 Å². The van der Waals surface area contributed by atoms with Gasteiger partial charge in [0.1, 0.15) is 23.8 Å². The zero-order valence-electron chi connectivity index (χ0n) is 15.5. The van der Waals surface area contributed by atoms with Crippen molar-refractivity contribution in [3.05, 3.63) is 64.0 Å². The Kier molecular flexibility index (Phi) is 4.10. The number of likely N-dealkylation sites (tertiary alicyclic amines) is 1. The van der Waals surface area contributed by atoms with Gasteiger partial charge in [0.05, 0.1) is 29.9 Å². The van der Waals surface area contributed by atoms with Crippen molar-refractivity contribution < 1.29 is 13.9 Å². The molecule has 1 saturated heterocycles. The topological polar surface area (TPSA) is 47.4 Å². The highest BCUT2D eigenvalue weighted by Gasteiger charge is 2.44. The Morgan fingerprint density at radius 3 is 2.79 bits per heavy atom. The number of fused-ring (bicyclic) bond motifs is 1. The normalized spacial score (nSPS) is 21.3. The lowest BCUT2D eigenvalue weighted by atomic mass is 10.0. The zero-order chi connectivity index (χ0) is 19.3. The molecule has 7 heteroatoms. The van der Waals surface area contributed by atoms with E-state index in [9.17, 15) is 9.18 Å². The molecule has 3 aromatic rings. The summed E-state index contributed by atoms with van der Waals surface area (Å²) < 4.78 is 21.7. The van der Waals surface area contributed by atoms with Crippen LogP contribution in [0.4, 0.5) is 4.39 Å². The largest absolute Gasteiger partial charge is 0.363 e. The minimum Gasteiger partial charge on any atom is -0.363 e. The number of amides is 1. The Morgan fingerprint density at radius 2 is 2.04 bits per heavy atom. The molecule has 5 rings (SSSR count). The molecule has 28 heavy (non-hydrogen) atoms. The summed E-state index contributed by atoms with van der Waals surface area (Å²) in [6.45, 7) is 4.33. The summed E-state index contributed by atoms with van der Waals surface area (Å²) in [5.74, 6) is 0.688. The molecule has 0 N–H and O–H groups in total. The quantitative estimate of drug-likeness (QED) is 0.659. The van der Waals surface area contributed by atoms with Crippen LogP contribution in [0.2, 0.25) is 0 Å². The molecule has 5 nitrogen and oxygen atoms in total. The summed E-state index contributed by atoms with van der Waals surface area (Å²) in [6, 6.07) is 10.3. The zero-order valence-corrected chi connectivity index (χ0v) is 16.3. The number of aromatic nitrogens is 2.